The van der Waals surface area contributed by atoms with Crippen LogP contribution in [0.1, 0.15) is 58.3 Å². The van der Waals surface area contributed by atoms with Crippen LogP contribution in [0.4, 0.5) is 14.9 Å². The summed E-state index contributed by atoms with van der Waals surface area (Å²) >= 11 is 15.3. The van der Waals surface area contributed by atoms with Gasteiger partial charge in [-0.2, -0.15) is 0 Å². The first-order chi connectivity index (χ1) is 28.6. The molecular formula is C37H46Cl2FN6O10PS3. The molecule has 0 radical (unpaired) electrons. The van der Waals surface area contributed by atoms with E-state index in [0.29, 0.717) is 34.2 Å². The molecule has 23 heteroatoms. The molecule has 1 aliphatic rings. The Morgan fingerprint density at radius 2 is 1.70 bits per heavy atom. The lowest BCUT2D eigenvalue weighted by Gasteiger charge is -2.15. The van der Waals surface area contributed by atoms with Crippen molar-refractivity contribution in [3.05, 3.63) is 79.0 Å². The van der Waals surface area contributed by atoms with E-state index in [9.17, 15) is 28.1 Å². The highest BCUT2D eigenvalue weighted by Crippen LogP contribution is 2.34. The maximum atomic E-state index is 14.3. The summed E-state index contributed by atoms with van der Waals surface area (Å²) in [5.74, 6) is -0.967. The van der Waals surface area contributed by atoms with Crippen LogP contribution >= 0.6 is 65.7 Å². The number of hydrogen-bond acceptors (Lipinski definition) is 14. The summed E-state index contributed by atoms with van der Waals surface area (Å²) in [5.41, 5.74) is 1.42. The zero-order valence-corrected chi connectivity index (χ0v) is 37.6. The third kappa shape index (κ3) is 18.6. The fraction of sp³-hybridized carbons (Fsp3) is 0.432. The van der Waals surface area contributed by atoms with E-state index < -0.39 is 38.2 Å². The molecule has 60 heavy (non-hydrogen) atoms. The maximum absolute atomic E-state index is 14.3. The summed E-state index contributed by atoms with van der Waals surface area (Å²) in [4.78, 5) is 66.7. The Bertz CT molecular complexity index is 2210. The number of nitrogens with one attached hydrogen (secondary N) is 1. The first-order valence-electron chi connectivity index (χ1n) is 18.6. The number of carboxylic acids is 1. The van der Waals surface area contributed by atoms with Gasteiger partial charge in [0.25, 0.3) is 0 Å². The molecule has 5 rings (SSSR count). The smallest absolute Gasteiger partial charge is 0.372 e. The van der Waals surface area contributed by atoms with Crippen LogP contribution < -0.4 is 19.7 Å². The Kier molecular flexibility index (Phi) is 22.6. The minimum Gasteiger partial charge on any atom is -0.480 e. The second-order valence-electron chi connectivity index (χ2n) is 12.7. The molecule has 3 heterocycles. The zero-order chi connectivity index (χ0) is 44.1. The highest BCUT2D eigenvalue weighted by atomic mass is 35.5. The monoisotopic (exact) mass is 950 g/mol. The number of carbonyl (C=O) groups excluding carboxylic acids is 2. The SMILES string of the molecule is CCCCCCCCSC(=O)Oc1cc(Cl)nnc1-c1ccccc1.COC(=O)CSc1cc(N=c2sc(=O)n3n2CCCC3)c(F)cc1Cl.O=C(O)CNCP(=O)(O)O. The molecule has 0 fully saturated rings. The third-order valence-corrected chi connectivity index (χ3v) is 11.9. The lowest BCUT2D eigenvalue weighted by Crippen LogP contribution is -2.31. The van der Waals surface area contributed by atoms with Crippen LogP contribution in [0.3, 0.4) is 0 Å². The van der Waals surface area contributed by atoms with Crippen molar-refractivity contribution in [2.24, 2.45) is 4.99 Å². The van der Waals surface area contributed by atoms with Crippen LogP contribution in [-0.2, 0) is 32.0 Å². The first kappa shape index (κ1) is 50.8. The Morgan fingerprint density at radius 1 is 1.02 bits per heavy atom. The fourth-order valence-electron chi connectivity index (χ4n) is 5.12. The second kappa shape index (κ2) is 26.7. The zero-order valence-electron chi connectivity index (χ0n) is 32.8. The van der Waals surface area contributed by atoms with Gasteiger partial charge in [0.05, 0.1) is 30.7 Å². The second-order valence-corrected chi connectivity index (χ2v) is 18.1. The minimum atomic E-state index is -4.10. The molecule has 1 aliphatic heterocycles. The average Bonchev–Trinajstić information content (AvgIpc) is 3.52. The Morgan fingerprint density at radius 3 is 2.37 bits per heavy atom. The Labute approximate surface area is 368 Å². The van der Waals surface area contributed by atoms with Crippen molar-refractivity contribution in [1.29, 1.82) is 0 Å². The fourth-order valence-corrected chi connectivity index (χ4v) is 8.31. The number of hydrogen-bond donors (Lipinski definition) is 4. The molecule has 0 spiro atoms. The highest BCUT2D eigenvalue weighted by Gasteiger charge is 2.17. The standard InChI is InChI=1S/C19H23ClN2O2S.C15H15ClFN3O3S2.C3H8NO5P/c1-2-3-4-5-6-10-13-25-19(23)24-16-14-17(20)21-22-18(16)15-11-8-7-9-12-15;1-23-13(21)8-24-12-7-11(10(17)6-9(12)16)18-14-19-4-2-3-5-20(19)15(22)25-14;5-3(6)1-4-2-10(7,8)9/h7-9,11-12,14H,2-6,10,13H2,1H3;6-7H,2-5,8H2,1H3;4H,1-2H2,(H,5,6)(H2,7,8,9). The normalized spacial score (nSPS) is 12.3. The summed E-state index contributed by atoms with van der Waals surface area (Å²) in [6.45, 7) is 3.09. The number of benzene rings is 2. The van der Waals surface area contributed by atoms with Crippen molar-refractivity contribution in [2.45, 2.75) is 76.3 Å². The maximum Gasteiger partial charge on any atom is 0.372 e. The molecule has 0 unspecified atom stereocenters. The highest BCUT2D eigenvalue weighted by molar-refractivity contribution is 8.13. The van der Waals surface area contributed by atoms with Gasteiger partial charge in [0, 0.05) is 35.4 Å². The molecule has 0 aliphatic carbocycles. The molecule has 4 N–H and O–H groups in total. The number of unbranched alkanes of at least 4 members (excludes halogenated alkanes) is 5. The third-order valence-electron chi connectivity index (χ3n) is 7.96. The number of halogens is 3. The number of methoxy groups -OCH3 is 1. The first-order valence-corrected chi connectivity index (χ1v) is 23.9. The summed E-state index contributed by atoms with van der Waals surface area (Å²) < 4.78 is 37.8. The molecular weight excluding hydrogens is 906 g/mol. The van der Waals surface area contributed by atoms with Crippen molar-refractivity contribution >= 4 is 88.6 Å². The van der Waals surface area contributed by atoms with Gasteiger partial charge >= 0.3 is 29.7 Å². The number of aromatic nitrogens is 4. The molecule has 0 bridgehead atoms. The van der Waals surface area contributed by atoms with Crippen LogP contribution in [0, 0.1) is 5.82 Å². The number of thioether (sulfide) groups is 2. The summed E-state index contributed by atoms with van der Waals surface area (Å²) in [5, 5.41) is 18.0. The van der Waals surface area contributed by atoms with E-state index in [-0.39, 0.29) is 31.8 Å². The predicted molar refractivity (Wildman–Crippen MR) is 232 cm³/mol. The van der Waals surface area contributed by atoms with Gasteiger partial charge in [-0.1, -0.05) is 92.6 Å². The quantitative estimate of drug-likeness (QED) is 0.0341. The van der Waals surface area contributed by atoms with Crippen molar-refractivity contribution in [2.75, 3.05) is 31.4 Å². The summed E-state index contributed by atoms with van der Waals surface area (Å²) in [6.07, 6.45) is 8.49. The largest absolute Gasteiger partial charge is 0.480 e. The van der Waals surface area contributed by atoms with Crippen molar-refractivity contribution < 1.29 is 47.7 Å². The van der Waals surface area contributed by atoms with Gasteiger partial charge in [0.15, 0.2) is 10.9 Å². The van der Waals surface area contributed by atoms with Gasteiger partial charge in [-0.25, -0.2) is 18.9 Å². The number of carbonyl (C=O) groups is 3. The molecule has 0 saturated heterocycles. The van der Waals surface area contributed by atoms with Gasteiger partial charge in [0.1, 0.15) is 17.2 Å². The predicted octanol–water partition coefficient (Wildman–Crippen LogP) is 7.98. The van der Waals surface area contributed by atoms with Crippen LogP contribution in [0.2, 0.25) is 10.2 Å². The Hall–Kier alpha value is -3.59. The molecule has 16 nitrogen and oxygen atoms in total. The van der Waals surface area contributed by atoms with E-state index in [1.165, 1.54) is 56.7 Å². The van der Waals surface area contributed by atoms with E-state index in [4.69, 9.17) is 42.8 Å². The molecule has 0 amide bonds. The summed E-state index contributed by atoms with van der Waals surface area (Å²) in [7, 11) is -2.80. The average molecular weight is 952 g/mol. The van der Waals surface area contributed by atoms with Crippen LogP contribution in [0.5, 0.6) is 5.75 Å². The van der Waals surface area contributed by atoms with E-state index >= 15 is 0 Å². The van der Waals surface area contributed by atoms with Crippen molar-refractivity contribution in [1.82, 2.24) is 24.9 Å². The van der Waals surface area contributed by atoms with Gasteiger partial charge in [0.2, 0.25) is 4.80 Å². The van der Waals surface area contributed by atoms with Crippen LogP contribution in [0.15, 0.2) is 63.2 Å². The molecule has 328 valence electrons. The lowest BCUT2D eigenvalue weighted by molar-refractivity contribution is -0.137. The number of aliphatic carboxylic acids is 1. The molecule has 0 saturated carbocycles. The van der Waals surface area contributed by atoms with Crippen molar-refractivity contribution in [3.8, 4) is 17.0 Å². The Balaban J connectivity index is 0.000000263. The number of rotatable bonds is 17. The van der Waals surface area contributed by atoms with E-state index in [1.807, 2.05) is 30.3 Å². The lowest BCUT2D eigenvalue weighted by atomic mass is 10.1. The van der Waals surface area contributed by atoms with Gasteiger partial charge < -0.3 is 24.4 Å². The van der Waals surface area contributed by atoms with Crippen LogP contribution in [0.25, 0.3) is 11.3 Å². The minimum absolute atomic E-state index is 0.0605. The van der Waals surface area contributed by atoms with E-state index in [0.717, 1.165) is 66.2 Å². The summed E-state index contributed by atoms with van der Waals surface area (Å²) in [6, 6.07) is 13.6. The molecule has 2 aromatic carbocycles. The van der Waals surface area contributed by atoms with E-state index in [2.05, 4.69) is 32.2 Å². The van der Waals surface area contributed by atoms with Gasteiger partial charge in [-0.3, -0.25) is 28.9 Å². The molecule has 0 atom stereocenters. The van der Waals surface area contributed by atoms with Gasteiger partial charge in [-0.15, -0.1) is 22.0 Å². The molecule has 2 aromatic heterocycles. The topological polar surface area (TPSA) is 225 Å². The van der Waals surface area contributed by atoms with Crippen LogP contribution in [-0.4, -0.2) is 83.1 Å². The number of fused-ring (bicyclic) bond motifs is 1. The van der Waals surface area contributed by atoms with Crippen molar-refractivity contribution in [3.63, 3.8) is 0 Å². The van der Waals surface area contributed by atoms with Gasteiger partial charge in [-0.05, 0) is 54.5 Å². The number of carboxylic acid groups (broad SMARTS) is 1. The molecule has 4 aromatic rings. The number of nitrogens with zero attached hydrogens (tertiary/aromatic N) is 5. The number of esters is 1. The number of ether oxygens (including phenoxy) is 2. The van der Waals surface area contributed by atoms with E-state index in [1.54, 1.807) is 9.36 Å².